The molecular weight excluding hydrogens is 300 g/mol. The molecule has 110 valence electrons. The highest BCUT2D eigenvalue weighted by Crippen LogP contribution is 2.33. The Morgan fingerprint density at radius 1 is 1.05 bits per heavy atom. The van der Waals surface area contributed by atoms with Gasteiger partial charge in [-0.25, -0.2) is 0 Å². The summed E-state index contributed by atoms with van der Waals surface area (Å²) in [6, 6.07) is 1.15. The summed E-state index contributed by atoms with van der Waals surface area (Å²) in [5.41, 5.74) is 3.54. The molecule has 9 heteroatoms. The SMILES string of the molecule is Cl.N[C@@H](c1cccc(C(F)(F)F)c1)[C@H](O)C(F)(F)F. The van der Waals surface area contributed by atoms with Crippen molar-refractivity contribution in [3.63, 3.8) is 0 Å². The third kappa shape index (κ3) is 4.55. The Kier molecular flexibility index (Phi) is 5.66. The standard InChI is InChI=1S/C10H9F6NO.ClH/c11-9(12,13)6-3-1-2-5(4-6)7(17)8(18)10(14,15)16;/h1-4,7-8,18H,17H2;1H/t7-,8-;/m0./s1. The molecule has 3 N–H and O–H groups in total. The molecule has 0 heterocycles. The van der Waals surface area contributed by atoms with Crippen LogP contribution >= 0.6 is 12.4 Å². The average molecular weight is 310 g/mol. The fourth-order valence-electron chi connectivity index (χ4n) is 1.31. The summed E-state index contributed by atoms with van der Waals surface area (Å²) in [5, 5.41) is 8.87. The molecule has 0 radical (unpaired) electrons. The number of hydrogen-bond acceptors (Lipinski definition) is 2. The van der Waals surface area contributed by atoms with Crippen LogP contribution in [0, 0.1) is 0 Å². The molecule has 0 aliphatic heterocycles. The Labute approximate surface area is 110 Å². The number of halogens is 7. The van der Waals surface area contributed by atoms with Crippen molar-refractivity contribution in [3.05, 3.63) is 35.4 Å². The summed E-state index contributed by atoms with van der Waals surface area (Å²) in [7, 11) is 0. The van der Waals surface area contributed by atoms with Crippen molar-refractivity contribution in [2.45, 2.75) is 24.5 Å². The van der Waals surface area contributed by atoms with Gasteiger partial charge < -0.3 is 10.8 Å². The number of nitrogens with two attached hydrogens (primary N) is 1. The lowest BCUT2D eigenvalue weighted by molar-refractivity contribution is -0.210. The molecule has 2 atom stereocenters. The summed E-state index contributed by atoms with van der Waals surface area (Å²) in [6.07, 6.45) is -12.6. The van der Waals surface area contributed by atoms with Crippen LogP contribution in [-0.4, -0.2) is 17.4 Å². The van der Waals surface area contributed by atoms with Gasteiger partial charge in [0.05, 0.1) is 11.6 Å². The predicted molar refractivity (Wildman–Crippen MR) is 57.7 cm³/mol. The smallest absolute Gasteiger partial charge is 0.382 e. The van der Waals surface area contributed by atoms with Crippen molar-refractivity contribution in [1.82, 2.24) is 0 Å². The van der Waals surface area contributed by atoms with E-state index in [0.29, 0.717) is 12.1 Å². The van der Waals surface area contributed by atoms with Gasteiger partial charge in [-0.05, 0) is 17.7 Å². The maximum atomic E-state index is 12.3. The highest BCUT2D eigenvalue weighted by molar-refractivity contribution is 5.85. The van der Waals surface area contributed by atoms with Crippen LogP contribution in [0.25, 0.3) is 0 Å². The van der Waals surface area contributed by atoms with Gasteiger partial charge in [-0.1, -0.05) is 12.1 Å². The molecule has 0 amide bonds. The average Bonchev–Trinajstić information content (AvgIpc) is 2.25. The summed E-state index contributed by atoms with van der Waals surface area (Å²) < 4.78 is 73.5. The lowest BCUT2D eigenvalue weighted by Gasteiger charge is -2.22. The molecule has 1 aromatic carbocycles. The van der Waals surface area contributed by atoms with Gasteiger partial charge in [-0.3, -0.25) is 0 Å². The van der Waals surface area contributed by atoms with Gasteiger partial charge in [0.2, 0.25) is 0 Å². The highest BCUT2D eigenvalue weighted by Gasteiger charge is 2.43. The molecule has 0 saturated heterocycles. The second-order valence-electron chi connectivity index (χ2n) is 3.64. The molecule has 1 rings (SSSR count). The van der Waals surface area contributed by atoms with Crippen LogP contribution in [0.15, 0.2) is 24.3 Å². The first-order chi connectivity index (χ1) is 8.03. The number of hydrogen-bond donors (Lipinski definition) is 2. The Morgan fingerprint density at radius 3 is 2.00 bits per heavy atom. The van der Waals surface area contributed by atoms with E-state index in [4.69, 9.17) is 10.8 Å². The molecule has 0 fully saturated rings. The van der Waals surface area contributed by atoms with Crippen LogP contribution in [0.3, 0.4) is 0 Å². The Bertz CT molecular complexity index is 419. The van der Waals surface area contributed by atoms with Gasteiger partial charge in [-0.2, -0.15) is 26.3 Å². The molecule has 19 heavy (non-hydrogen) atoms. The van der Waals surface area contributed by atoms with E-state index in [9.17, 15) is 26.3 Å². The fourth-order valence-corrected chi connectivity index (χ4v) is 1.31. The monoisotopic (exact) mass is 309 g/mol. The van der Waals surface area contributed by atoms with Crippen molar-refractivity contribution in [1.29, 1.82) is 0 Å². The number of alkyl halides is 6. The van der Waals surface area contributed by atoms with Crippen molar-refractivity contribution < 1.29 is 31.4 Å². The fraction of sp³-hybridized carbons (Fsp3) is 0.400. The van der Waals surface area contributed by atoms with E-state index in [2.05, 4.69) is 0 Å². The van der Waals surface area contributed by atoms with E-state index >= 15 is 0 Å². The summed E-state index contributed by atoms with van der Waals surface area (Å²) in [5.74, 6) is 0. The van der Waals surface area contributed by atoms with Gasteiger partial charge in [0.25, 0.3) is 0 Å². The minimum atomic E-state index is -4.99. The molecule has 0 bridgehead atoms. The number of aliphatic hydroxyl groups excluding tert-OH is 1. The van der Waals surface area contributed by atoms with Gasteiger partial charge in [-0.15, -0.1) is 12.4 Å². The lowest BCUT2D eigenvalue weighted by Crippen LogP contribution is -2.38. The van der Waals surface area contributed by atoms with E-state index in [-0.39, 0.29) is 12.4 Å². The normalized spacial score (nSPS) is 15.6. The number of benzene rings is 1. The molecule has 0 aliphatic carbocycles. The van der Waals surface area contributed by atoms with Gasteiger partial charge in [0.15, 0.2) is 6.10 Å². The second kappa shape index (κ2) is 5.98. The Balaban J connectivity index is 0.00000324. The third-order valence-corrected chi connectivity index (χ3v) is 2.27. The van der Waals surface area contributed by atoms with Crippen molar-refractivity contribution in [3.8, 4) is 0 Å². The van der Waals surface area contributed by atoms with Crippen LogP contribution < -0.4 is 5.73 Å². The lowest BCUT2D eigenvalue weighted by atomic mass is 9.99. The highest BCUT2D eigenvalue weighted by atomic mass is 35.5. The van der Waals surface area contributed by atoms with Crippen molar-refractivity contribution >= 4 is 12.4 Å². The maximum Gasteiger partial charge on any atom is 0.416 e. The zero-order valence-corrected chi connectivity index (χ0v) is 9.98. The van der Waals surface area contributed by atoms with Crippen LogP contribution in [-0.2, 0) is 6.18 Å². The van der Waals surface area contributed by atoms with Crippen LogP contribution in [0.5, 0.6) is 0 Å². The Hall–Kier alpha value is -0.990. The summed E-state index contributed by atoms with van der Waals surface area (Å²) >= 11 is 0. The van der Waals surface area contributed by atoms with Crippen LogP contribution in [0.2, 0.25) is 0 Å². The minimum Gasteiger partial charge on any atom is -0.382 e. The predicted octanol–water partition coefficient (Wildman–Crippen LogP) is 3.05. The summed E-state index contributed by atoms with van der Waals surface area (Å²) in [4.78, 5) is 0. The largest absolute Gasteiger partial charge is 0.416 e. The number of aliphatic hydroxyl groups is 1. The van der Waals surface area contributed by atoms with E-state index in [0.717, 1.165) is 12.1 Å². The van der Waals surface area contributed by atoms with Crippen molar-refractivity contribution in [2.24, 2.45) is 5.73 Å². The molecule has 0 unspecified atom stereocenters. The van der Waals surface area contributed by atoms with Crippen LogP contribution in [0.4, 0.5) is 26.3 Å². The van der Waals surface area contributed by atoms with Gasteiger partial charge >= 0.3 is 12.4 Å². The molecule has 0 spiro atoms. The molecule has 0 aromatic heterocycles. The number of rotatable bonds is 2. The molecule has 0 saturated carbocycles. The van der Waals surface area contributed by atoms with Gasteiger partial charge in [0.1, 0.15) is 0 Å². The first-order valence-electron chi connectivity index (χ1n) is 4.71. The molecule has 2 nitrogen and oxygen atoms in total. The zero-order chi connectivity index (χ0) is 14.1. The van der Waals surface area contributed by atoms with E-state index in [1.807, 2.05) is 0 Å². The minimum absolute atomic E-state index is 0. The van der Waals surface area contributed by atoms with E-state index in [1.54, 1.807) is 0 Å². The third-order valence-electron chi connectivity index (χ3n) is 2.27. The molecule has 1 aromatic rings. The van der Waals surface area contributed by atoms with E-state index in [1.165, 1.54) is 0 Å². The van der Waals surface area contributed by atoms with Crippen LogP contribution in [0.1, 0.15) is 17.2 Å². The van der Waals surface area contributed by atoms with Gasteiger partial charge in [0, 0.05) is 0 Å². The topological polar surface area (TPSA) is 46.2 Å². The Morgan fingerprint density at radius 2 is 1.58 bits per heavy atom. The first-order valence-corrected chi connectivity index (χ1v) is 4.71. The van der Waals surface area contributed by atoms with Crippen molar-refractivity contribution in [2.75, 3.05) is 0 Å². The quantitative estimate of drug-likeness (QED) is 0.825. The zero-order valence-electron chi connectivity index (χ0n) is 9.16. The maximum absolute atomic E-state index is 12.3. The van der Waals surface area contributed by atoms with E-state index < -0.39 is 35.6 Å². The first kappa shape index (κ1) is 18.0. The second-order valence-corrected chi connectivity index (χ2v) is 3.64. The molecule has 0 aliphatic rings. The summed E-state index contributed by atoms with van der Waals surface area (Å²) in [6.45, 7) is 0. The molecular formula is C10H10ClF6NO.